The Morgan fingerprint density at radius 3 is 2.75 bits per heavy atom. The number of carbonyl (C=O) groups is 1. The number of carbonyl (C=O) groups excluding carboxylic acids is 1. The number of aromatic nitrogens is 2. The standard InChI is InChI=1S/C8H10N3O/c1-3-9-8(12)7-5-10-6(2)4-11-7/h3-5H,1-2H3,(H,9,12). The first kappa shape index (κ1) is 8.64. The summed E-state index contributed by atoms with van der Waals surface area (Å²) >= 11 is 0. The predicted molar refractivity (Wildman–Crippen MR) is 44.2 cm³/mol. The van der Waals surface area contributed by atoms with Crippen LogP contribution >= 0.6 is 0 Å². The van der Waals surface area contributed by atoms with Crippen LogP contribution in [0.4, 0.5) is 0 Å². The summed E-state index contributed by atoms with van der Waals surface area (Å²) in [6.45, 7) is 5.12. The van der Waals surface area contributed by atoms with Gasteiger partial charge in [-0.2, -0.15) is 0 Å². The van der Waals surface area contributed by atoms with E-state index in [4.69, 9.17) is 0 Å². The van der Waals surface area contributed by atoms with Gasteiger partial charge in [-0.25, -0.2) is 4.98 Å². The molecular formula is C8H10N3O. The van der Waals surface area contributed by atoms with Crippen LogP contribution in [-0.2, 0) is 0 Å². The molecule has 1 aromatic rings. The molecule has 1 aromatic heterocycles. The van der Waals surface area contributed by atoms with Crippen LogP contribution < -0.4 is 5.32 Å². The van der Waals surface area contributed by atoms with E-state index in [1.807, 2.05) is 6.92 Å². The molecule has 4 heteroatoms. The summed E-state index contributed by atoms with van der Waals surface area (Å²) in [5, 5.41) is 2.51. The van der Waals surface area contributed by atoms with Gasteiger partial charge in [-0.15, -0.1) is 0 Å². The summed E-state index contributed by atoms with van der Waals surface area (Å²) in [6.07, 6.45) is 3.01. The van der Waals surface area contributed by atoms with Crippen molar-refractivity contribution < 1.29 is 4.79 Å². The van der Waals surface area contributed by atoms with E-state index >= 15 is 0 Å². The topological polar surface area (TPSA) is 54.9 Å². The highest BCUT2D eigenvalue weighted by Crippen LogP contribution is 1.93. The quantitative estimate of drug-likeness (QED) is 0.699. The summed E-state index contributed by atoms with van der Waals surface area (Å²) in [5.41, 5.74) is 1.13. The van der Waals surface area contributed by atoms with E-state index in [1.54, 1.807) is 19.7 Å². The molecule has 0 spiro atoms. The van der Waals surface area contributed by atoms with Gasteiger partial charge in [0.2, 0.25) is 0 Å². The molecule has 1 radical (unpaired) electrons. The Balaban J connectivity index is 2.75. The van der Waals surface area contributed by atoms with E-state index in [1.165, 1.54) is 6.20 Å². The molecule has 0 saturated carbocycles. The number of hydrogen-bond acceptors (Lipinski definition) is 3. The fourth-order valence-corrected chi connectivity index (χ4v) is 0.715. The zero-order valence-electron chi connectivity index (χ0n) is 7.03. The Hall–Kier alpha value is -1.45. The third kappa shape index (κ3) is 2.02. The van der Waals surface area contributed by atoms with Crippen LogP contribution in [0.25, 0.3) is 0 Å². The van der Waals surface area contributed by atoms with Gasteiger partial charge >= 0.3 is 0 Å². The minimum atomic E-state index is -0.231. The van der Waals surface area contributed by atoms with Crippen LogP contribution in [0, 0.1) is 13.5 Å². The van der Waals surface area contributed by atoms with Crippen molar-refractivity contribution in [2.45, 2.75) is 13.8 Å². The molecule has 0 aliphatic carbocycles. The number of rotatable bonds is 2. The van der Waals surface area contributed by atoms with Gasteiger partial charge in [-0.05, 0) is 13.8 Å². The van der Waals surface area contributed by atoms with E-state index in [0.717, 1.165) is 5.69 Å². The highest BCUT2D eigenvalue weighted by molar-refractivity contribution is 5.92. The molecule has 0 fully saturated rings. The van der Waals surface area contributed by atoms with Gasteiger partial charge in [0.1, 0.15) is 5.69 Å². The maximum absolute atomic E-state index is 11.1. The number of amides is 1. The molecule has 0 atom stereocenters. The molecule has 0 aromatic carbocycles. The molecule has 0 aliphatic heterocycles. The van der Waals surface area contributed by atoms with Crippen LogP contribution in [0.5, 0.6) is 0 Å². The minimum absolute atomic E-state index is 0.231. The lowest BCUT2D eigenvalue weighted by atomic mass is 10.4. The lowest BCUT2D eigenvalue weighted by molar-refractivity contribution is 0.0959. The normalized spacial score (nSPS) is 9.50. The van der Waals surface area contributed by atoms with Gasteiger partial charge < -0.3 is 5.32 Å². The van der Waals surface area contributed by atoms with Gasteiger partial charge in [0.05, 0.1) is 11.9 Å². The van der Waals surface area contributed by atoms with Crippen molar-refractivity contribution in [2.24, 2.45) is 0 Å². The molecule has 0 aliphatic rings. The lowest BCUT2D eigenvalue weighted by Crippen LogP contribution is -2.20. The van der Waals surface area contributed by atoms with E-state index in [2.05, 4.69) is 15.3 Å². The monoisotopic (exact) mass is 164 g/mol. The first-order chi connectivity index (χ1) is 5.74. The molecular weight excluding hydrogens is 154 g/mol. The highest BCUT2D eigenvalue weighted by Gasteiger charge is 2.04. The summed E-state index contributed by atoms with van der Waals surface area (Å²) in [6, 6.07) is 0. The molecule has 63 valence electrons. The van der Waals surface area contributed by atoms with Crippen LogP contribution in [0.1, 0.15) is 23.1 Å². The minimum Gasteiger partial charge on any atom is -0.346 e. The average Bonchev–Trinajstić information content (AvgIpc) is 2.06. The first-order valence-corrected chi connectivity index (χ1v) is 3.61. The summed E-state index contributed by atoms with van der Waals surface area (Å²) < 4.78 is 0. The van der Waals surface area contributed by atoms with Gasteiger partial charge in [0.15, 0.2) is 0 Å². The van der Waals surface area contributed by atoms with Crippen molar-refractivity contribution in [3.8, 4) is 0 Å². The zero-order chi connectivity index (χ0) is 8.97. The average molecular weight is 164 g/mol. The second-order valence-corrected chi connectivity index (χ2v) is 2.31. The second-order valence-electron chi connectivity index (χ2n) is 2.31. The Labute approximate surface area is 71.0 Å². The molecule has 0 unspecified atom stereocenters. The Kier molecular flexibility index (Phi) is 2.74. The lowest BCUT2D eigenvalue weighted by Gasteiger charge is -1.99. The molecule has 0 bridgehead atoms. The van der Waals surface area contributed by atoms with Gasteiger partial charge in [0.25, 0.3) is 5.91 Å². The molecule has 1 N–H and O–H groups in total. The van der Waals surface area contributed by atoms with Gasteiger partial charge in [-0.1, -0.05) is 0 Å². The Morgan fingerprint density at radius 1 is 1.50 bits per heavy atom. The largest absolute Gasteiger partial charge is 0.346 e. The summed E-state index contributed by atoms with van der Waals surface area (Å²) in [7, 11) is 0. The second kappa shape index (κ2) is 3.80. The first-order valence-electron chi connectivity index (χ1n) is 3.61. The van der Waals surface area contributed by atoms with E-state index in [0.29, 0.717) is 5.69 Å². The molecule has 12 heavy (non-hydrogen) atoms. The fraction of sp³-hybridized carbons (Fsp3) is 0.250. The van der Waals surface area contributed by atoms with Gasteiger partial charge in [-0.3, -0.25) is 9.78 Å². The number of nitrogens with zero attached hydrogens (tertiary/aromatic N) is 2. The third-order valence-corrected chi connectivity index (χ3v) is 1.29. The zero-order valence-corrected chi connectivity index (χ0v) is 7.03. The van der Waals surface area contributed by atoms with E-state index < -0.39 is 0 Å². The maximum atomic E-state index is 11.1. The van der Waals surface area contributed by atoms with E-state index in [-0.39, 0.29) is 5.91 Å². The molecule has 0 saturated heterocycles. The Morgan fingerprint density at radius 2 is 2.25 bits per heavy atom. The predicted octanol–water partition coefficient (Wildman–Crippen LogP) is 0.697. The van der Waals surface area contributed by atoms with Crippen molar-refractivity contribution in [3.05, 3.63) is 30.3 Å². The van der Waals surface area contributed by atoms with Crippen LogP contribution in [0.15, 0.2) is 12.4 Å². The Bertz CT molecular complexity index is 268. The smallest absolute Gasteiger partial charge is 0.271 e. The van der Waals surface area contributed by atoms with Crippen molar-refractivity contribution in [1.82, 2.24) is 15.3 Å². The molecule has 1 amide bonds. The summed E-state index contributed by atoms with van der Waals surface area (Å²) in [4.78, 5) is 19.0. The van der Waals surface area contributed by atoms with E-state index in [9.17, 15) is 4.79 Å². The fourth-order valence-electron chi connectivity index (χ4n) is 0.715. The van der Waals surface area contributed by atoms with Crippen molar-refractivity contribution in [2.75, 3.05) is 0 Å². The third-order valence-electron chi connectivity index (χ3n) is 1.29. The number of nitrogens with one attached hydrogen (secondary N) is 1. The van der Waals surface area contributed by atoms with Gasteiger partial charge in [0, 0.05) is 12.7 Å². The molecule has 4 nitrogen and oxygen atoms in total. The van der Waals surface area contributed by atoms with Crippen LogP contribution in [-0.4, -0.2) is 15.9 Å². The van der Waals surface area contributed by atoms with Crippen molar-refractivity contribution in [3.63, 3.8) is 0 Å². The van der Waals surface area contributed by atoms with Crippen LogP contribution in [0.3, 0.4) is 0 Å². The highest BCUT2D eigenvalue weighted by atomic mass is 16.1. The van der Waals surface area contributed by atoms with Crippen molar-refractivity contribution in [1.29, 1.82) is 0 Å². The number of hydrogen-bond donors (Lipinski definition) is 1. The molecule has 1 rings (SSSR count). The SMILES string of the molecule is C[CH]NC(=O)c1cnc(C)cn1. The molecule has 1 heterocycles. The van der Waals surface area contributed by atoms with Crippen molar-refractivity contribution >= 4 is 5.91 Å². The maximum Gasteiger partial charge on any atom is 0.271 e. The number of aryl methyl sites for hydroxylation is 1. The summed E-state index contributed by atoms with van der Waals surface area (Å²) in [5.74, 6) is -0.231. The van der Waals surface area contributed by atoms with Crippen LogP contribution in [0.2, 0.25) is 0 Å².